The summed E-state index contributed by atoms with van der Waals surface area (Å²) in [5, 5.41) is 20.2. The average molecular weight is 923 g/mol. The lowest BCUT2D eigenvalue weighted by molar-refractivity contribution is -0.172. The van der Waals surface area contributed by atoms with Gasteiger partial charge in [0.2, 0.25) is 17.7 Å². The lowest BCUT2D eigenvalue weighted by Gasteiger charge is -2.31. The standard InChI is InChI=1S/C49H55FN6O11/c1-6-49(65)32-18-37-44-30(23-56(37)46(63)31(32)24-66-47(49)64)43-35(13-12-29-25(2)33(50)19-36(55-44)42(29)43)54-40(60)22-53-45(62)27(16-26-10-8-7-9-11-26)17-28(57)21-52-39(59)15-14-38(58)34(51)20-41(61)67-48(3,4)5/h7-11,18-19,27,34-35,65H,6,12-17,20-24,51H2,1-5H3,(H,52,59)(H,53,62)(H,54,60)/t27-,34-,35+,49+/m1/s1. The Hall–Kier alpha value is -6.66. The molecule has 17 nitrogen and oxygen atoms in total. The number of pyridine rings is 2. The van der Waals surface area contributed by atoms with Gasteiger partial charge in [0.15, 0.2) is 17.2 Å². The molecule has 3 amide bonds. The van der Waals surface area contributed by atoms with E-state index >= 15 is 4.39 Å². The molecule has 4 aromatic rings. The summed E-state index contributed by atoms with van der Waals surface area (Å²) in [4.78, 5) is 110. The third kappa shape index (κ3) is 10.2. The third-order valence-electron chi connectivity index (χ3n) is 12.6. The van der Waals surface area contributed by atoms with Crippen LogP contribution in [-0.4, -0.2) is 80.6 Å². The Morgan fingerprint density at radius 3 is 2.43 bits per heavy atom. The maximum absolute atomic E-state index is 15.4. The van der Waals surface area contributed by atoms with E-state index in [0.29, 0.717) is 51.8 Å². The molecule has 3 aliphatic rings. The highest BCUT2D eigenvalue weighted by atomic mass is 19.1. The predicted octanol–water partition coefficient (Wildman–Crippen LogP) is 3.09. The van der Waals surface area contributed by atoms with Crippen LogP contribution in [0.2, 0.25) is 0 Å². The van der Waals surface area contributed by atoms with E-state index in [1.165, 1.54) is 10.6 Å². The summed E-state index contributed by atoms with van der Waals surface area (Å²) in [5.41, 5.74) is 7.00. The molecule has 4 atom stereocenters. The van der Waals surface area contributed by atoms with Crippen LogP contribution in [0.5, 0.6) is 0 Å². The molecule has 67 heavy (non-hydrogen) atoms. The molecule has 2 aromatic carbocycles. The monoisotopic (exact) mass is 922 g/mol. The minimum absolute atomic E-state index is 0.0459. The minimum Gasteiger partial charge on any atom is -0.460 e. The van der Waals surface area contributed by atoms with E-state index in [0.717, 1.165) is 11.1 Å². The average Bonchev–Trinajstić information content (AvgIpc) is 3.65. The van der Waals surface area contributed by atoms with Gasteiger partial charge in [-0.1, -0.05) is 37.3 Å². The molecule has 6 N–H and O–H groups in total. The van der Waals surface area contributed by atoms with Crippen LogP contribution in [-0.2, 0) is 74.6 Å². The first kappa shape index (κ1) is 48.3. The number of halogens is 1. The summed E-state index contributed by atoms with van der Waals surface area (Å²) in [6.07, 6.45) is -0.313. The zero-order valence-corrected chi connectivity index (χ0v) is 38.1. The van der Waals surface area contributed by atoms with Crippen LogP contribution >= 0.6 is 0 Å². The van der Waals surface area contributed by atoms with Gasteiger partial charge in [-0.25, -0.2) is 14.2 Å². The first-order valence-electron chi connectivity index (χ1n) is 22.4. The molecular formula is C49H55FN6O11. The molecule has 0 saturated carbocycles. The maximum atomic E-state index is 15.4. The lowest BCUT2D eigenvalue weighted by atomic mass is 9.81. The highest BCUT2D eigenvalue weighted by Crippen LogP contribution is 2.46. The summed E-state index contributed by atoms with van der Waals surface area (Å²) in [6, 6.07) is 10.0. The smallest absolute Gasteiger partial charge is 0.343 e. The molecule has 18 heteroatoms. The molecule has 0 saturated heterocycles. The number of ketones is 2. The summed E-state index contributed by atoms with van der Waals surface area (Å²) in [7, 11) is 0. The van der Waals surface area contributed by atoms with Crippen molar-refractivity contribution in [3.63, 3.8) is 0 Å². The number of ether oxygens (including phenoxy) is 2. The summed E-state index contributed by atoms with van der Waals surface area (Å²) >= 11 is 0. The zero-order valence-electron chi connectivity index (χ0n) is 38.1. The first-order chi connectivity index (χ1) is 31.7. The SMILES string of the molecule is CC[C@@]1(O)C(=O)OCc2c1cc1n(c2=O)Cc2c-1nc1cc(F)c(C)c3c1c2[C@@H](NC(=O)CNC(=O)[C@@H](CC(=O)CNC(=O)CCC(=O)[C@H](N)CC(=O)OC(C)(C)C)Cc1ccccc1)CC3. The number of nitrogens with zero attached hydrogens (tertiary/aromatic N) is 2. The molecule has 2 aliphatic heterocycles. The Morgan fingerprint density at radius 2 is 1.73 bits per heavy atom. The number of fused-ring (bicyclic) bond motifs is 5. The van der Waals surface area contributed by atoms with Crippen molar-refractivity contribution in [2.45, 2.75) is 122 Å². The van der Waals surface area contributed by atoms with E-state index in [4.69, 9.17) is 20.2 Å². The summed E-state index contributed by atoms with van der Waals surface area (Å²) in [6.45, 7) is 7.18. The van der Waals surface area contributed by atoms with Crippen LogP contribution in [0, 0.1) is 18.7 Å². The number of nitrogens with two attached hydrogens (primary N) is 1. The van der Waals surface area contributed by atoms with Crippen LogP contribution < -0.4 is 27.2 Å². The van der Waals surface area contributed by atoms with Crippen molar-refractivity contribution in [1.82, 2.24) is 25.5 Å². The highest BCUT2D eigenvalue weighted by Gasteiger charge is 2.46. The van der Waals surface area contributed by atoms with Gasteiger partial charge >= 0.3 is 11.9 Å². The second-order valence-corrected chi connectivity index (χ2v) is 18.5. The van der Waals surface area contributed by atoms with E-state index in [1.54, 1.807) is 71.0 Å². The van der Waals surface area contributed by atoms with E-state index in [2.05, 4.69) is 16.0 Å². The normalized spacial score (nSPS) is 17.9. The molecular weight excluding hydrogens is 868 g/mol. The molecule has 0 bridgehead atoms. The number of carbonyl (C=O) groups is 7. The molecule has 0 spiro atoms. The second-order valence-electron chi connectivity index (χ2n) is 18.5. The van der Waals surface area contributed by atoms with E-state index < -0.39 is 94.9 Å². The topological polar surface area (TPSA) is 255 Å². The first-order valence-corrected chi connectivity index (χ1v) is 22.4. The molecule has 0 unspecified atom stereocenters. The Bertz CT molecular complexity index is 2770. The molecule has 1 aliphatic carbocycles. The summed E-state index contributed by atoms with van der Waals surface area (Å²) in [5.74, 6) is -5.62. The third-order valence-corrected chi connectivity index (χ3v) is 12.6. The number of rotatable bonds is 17. The molecule has 7 rings (SSSR count). The summed E-state index contributed by atoms with van der Waals surface area (Å²) < 4.78 is 27.3. The number of aliphatic hydroxyl groups is 1. The van der Waals surface area contributed by atoms with Gasteiger partial charge in [-0.2, -0.15) is 0 Å². The van der Waals surface area contributed by atoms with Gasteiger partial charge in [0.05, 0.1) is 60.6 Å². The van der Waals surface area contributed by atoms with Crippen molar-refractivity contribution in [3.05, 3.63) is 97.6 Å². The van der Waals surface area contributed by atoms with Crippen molar-refractivity contribution < 1.29 is 52.5 Å². The predicted molar refractivity (Wildman–Crippen MR) is 240 cm³/mol. The fraction of sp³-hybridized carbons (Fsp3) is 0.449. The number of hydrogen-bond acceptors (Lipinski definition) is 13. The van der Waals surface area contributed by atoms with Crippen molar-refractivity contribution >= 4 is 52.1 Å². The van der Waals surface area contributed by atoms with Gasteiger partial charge in [-0.15, -0.1) is 0 Å². The Kier molecular flexibility index (Phi) is 13.9. The highest BCUT2D eigenvalue weighted by molar-refractivity contribution is 5.96. The van der Waals surface area contributed by atoms with Crippen molar-refractivity contribution in [1.29, 1.82) is 0 Å². The lowest BCUT2D eigenvalue weighted by Crippen LogP contribution is -2.44. The van der Waals surface area contributed by atoms with Crippen molar-refractivity contribution in [3.8, 4) is 11.4 Å². The largest absolute Gasteiger partial charge is 0.460 e. The minimum atomic E-state index is -2.05. The fourth-order valence-electron chi connectivity index (χ4n) is 9.14. The number of aryl methyl sites for hydroxylation is 1. The Balaban J connectivity index is 1.03. The van der Waals surface area contributed by atoms with Crippen molar-refractivity contribution in [2.24, 2.45) is 11.7 Å². The second kappa shape index (κ2) is 19.3. The van der Waals surface area contributed by atoms with E-state index in [1.807, 2.05) is 0 Å². The maximum Gasteiger partial charge on any atom is 0.343 e. The van der Waals surface area contributed by atoms with Gasteiger partial charge in [-0.05, 0) is 81.7 Å². The number of esters is 2. The molecule has 4 heterocycles. The Morgan fingerprint density at radius 1 is 1.00 bits per heavy atom. The number of cyclic esters (lactones) is 1. The number of hydrogen-bond donors (Lipinski definition) is 5. The Labute approximate surface area is 385 Å². The zero-order chi connectivity index (χ0) is 48.5. The van der Waals surface area contributed by atoms with E-state index in [-0.39, 0.29) is 62.8 Å². The van der Waals surface area contributed by atoms with Gasteiger partial charge in [0.25, 0.3) is 5.56 Å². The number of nitrogens with one attached hydrogen (secondary N) is 3. The van der Waals surface area contributed by atoms with Gasteiger partial charge in [0.1, 0.15) is 18.0 Å². The quantitative estimate of drug-likeness (QED) is 0.0842. The molecule has 354 valence electrons. The van der Waals surface area contributed by atoms with E-state index in [9.17, 15) is 43.5 Å². The number of carbonyl (C=O) groups excluding carboxylic acids is 7. The van der Waals surface area contributed by atoms with Crippen LogP contribution in [0.4, 0.5) is 4.39 Å². The van der Waals surface area contributed by atoms with Gasteiger partial charge in [-0.3, -0.25) is 33.6 Å². The van der Waals surface area contributed by atoms with Crippen LogP contribution in [0.25, 0.3) is 22.3 Å². The van der Waals surface area contributed by atoms with Gasteiger partial charge in [0, 0.05) is 47.8 Å². The van der Waals surface area contributed by atoms with Crippen LogP contribution in [0.3, 0.4) is 0 Å². The number of benzene rings is 2. The molecule has 2 aromatic heterocycles. The molecule has 0 fully saturated rings. The number of amides is 3. The van der Waals surface area contributed by atoms with Crippen LogP contribution in [0.1, 0.15) is 111 Å². The molecule has 0 radical (unpaired) electrons. The number of aromatic nitrogens is 2. The fourth-order valence-corrected chi connectivity index (χ4v) is 9.14. The van der Waals surface area contributed by atoms with Gasteiger partial charge < -0.3 is 40.8 Å². The van der Waals surface area contributed by atoms with Crippen molar-refractivity contribution in [2.75, 3.05) is 13.1 Å². The van der Waals surface area contributed by atoms with Crippen LogP contribution in [0.15, 0.2) is 47.3 Å². The number of Topliss-reactive ketones (excluding diaryl/α,β-unsaturated/α-hetero) is 2.